The van der Waals surface area contributed by atoms with Crippen LogP contribution in [0.2, 0.25) is 0 Å². The van der Waals surface area contributed by atoms with Crippen LogP contribution in [0.15, 0.2) is 11.6 Å². The van der Waals surface area contributed by atoms with Gasteiger partial charge in [0, 0.05) is 22.7 Å². The molecule has 0 aromatic heterocycles. The third-order valence-electron chi connectivity index (χ3n) is 23.7. The van der Waals surface area contributed by atoms with Crippen LogP contribution in [0.5, 0.6) is 0 Å². The molecule has 0 bridgehead atoms. The molecule has 9 rings (SSSR count). The lowest BCUT2D eigenvalue weighted by Gasteiger charge is -2.67. The fraction of sp³-hybridized carbons (Fsp3) is 0.968. The minimum atomic E-state index is -1.84. The molecule has 516 valence electrons. The highest BCUT2D eigenvalue weighted by Gasteiger charge is 2.70. The minimum Gasteiger partial charge on any atom is -0.394 e. The minimum absolute atomic E-state index is 0.0229. The Morgan fingerprint density at radius 3 is 1.63 bits per heavy atom. The number of hydrogen-bond donors (Lipinski definition) is 17. The Hall–Kier alpha value is -1.34. The molecule has 0 aromatic rings. The average molecular weight is 1280 g/mol. The van der Waals surface area contributed by atoms with Gasteiger partial charge in [0.05, 0.1) is 75.3 Å². The van der Waals surface area contributed by atoms with Crippen LogP contribution in [0.3, 0.4) is 0 Å². The van der Waals surface area contributed by atoms with Crippen LogP contribution >= 0.6 is 0 Å². The SMILES string of the molecule is C[C@@H]1[C@@H](O)[C@H](OC[C@H]2O[C@@H](O[C@H](CC[C@@H](C)C3CC[C@@]4(C)C5CC=C6C(CC[C@H](O[C@@H]7O[C@H](CO)[C@@H](O[C@@H]8OC(CO)[C@@H](O)[C@H](O)[C@H]8O)[C@H](O)[C@H]7O)C6(C)C)[C@]5(C)[C@H](O)C[C@]34C)C(C)(C)O)[C@H](O[C@H]3O[C@@H](CO)[C@H](O)[C@@H](O)[C@@H]3O)[C@@H](O)[C@@H]2C)O[C@H](CO)[C@H]1O. The van der Waals surface area contributed by atoms with Crippen LogP contribution in [0.1, 0.15) is 121 Å². The Kier molecular flexibility index (Phi) is 22.3. The van der Waals surface area contributed by atoms with Gasteiger partial charge in [-0.2, -0.15) is 0 Å². The number of aliphatic hydroxyl groups is 17. The van der Waals surface area contributed by atoms with Gasteiger partial charge in [-0.1, -0.05) is 67.0 Å². The standard InChI is InChI=1S/C62H106O27/c1-25(11-15-39(59(6,7)79)87-57-52(89-56-49(77)46(74)44(72)33(22-65)83-56)41(69)26(2)35(85-57)24-80-53-42(70)27(3)40(68)31(20-63)81-53)28-17-18-60(8)36-14-12-29-30(62(36,10)37(67)19-61(28,60)9)13-16-38(58(29,4)5)86-54-50(78)47(75)51(34(23-66)84-54)88-55-48(76)45(73)43(71)32(21-64)82-55/h12,25-28,30-57,63-79H,11,13-24H2,1-10H3/t25-,26-,27+,28?,30?,31-,32?,33+,34-,35-,36?,37-,38+,39-,40+,41+,42-,43-,44+,45+,46-,47-,48-,49+,50-,51-,52-,53-,54+,55+,56-,57+,60+,61-,62+/m1/s1. The summed E-state index contributed by atoms with van der Waals surface area (Å²) in [6, 6.07) is 0. The summed E-state index contributed by atoms with van der Waals surface area (Å²) in [4.78, 5) is 0. The zero-order valence-corrected chi connectivity index (χ0v) is 52.9. The maximum absolute atomic E-state index is 12.9. The molecule has 5 saturated heterocycles. The second kappa shape index (κ2) is 27.6. The molecule has 4 aliphatic carbocycles. The highest BCUT2D eigenvalue weighted by Crippen LogP contribution is 2.75. The smallest absolute Gasteiger partial charge is 0.187 e. The Balaban J connectivity index is 0.884. The summed E-state index contributed by atoms with van der Waals surface area (Å²) in [7, 11) is 0. The number of fused-ring (bicyclic) bond motifs is 5. The highest BCUT2D eigenvalue weighted by molar-refractivity contribution is 5.32. The van der Waals surface area contributed by atoms with E-state index in [1.807, 2.05) is 0 Å². The number of aliphatic hydroxyl groups excluding tert-OH is 16. The molecule has 3 saturated carbocycles. The van der Waals surface area contributed by atoms with Crippen molar-refractivity contribution in [3.63, 3.8) is 0 Å². The predicted molar refractivity (Wildman–Crippen MR) is 307 cm³/mol. The molecule has 5 aliphatic heterocycles. The molecule has 4 unspecified atom stereocenters. The summed E-state index contributed by atoms with van der Waals surface area (Å²) in [5.74, 6) is -1.41. The topological polar surface area (TPSA) is 436 Å². The van der Waals surface area contributed by atoms with Crippen molar-refractivity contribution >= 4 is 0 Å². The van der Waals surface area contributed by atoms with Gasteiger partial charge >= 0.3 is 0 Å². The summed E-state index contributed by atoms with van der Waals surface area (Å²) in [6.45, 7) is 16.6. The molecule has 0 radical (unpaired) electrons. The van der Waals surface area contributed by atoms with Gasteiger partial charge in [-0.25, -0.2) is 0 Å². The number of allylic oxidation sites excluding steroid dienone is 1. The first-order valence-electron chi connectivity index (χ1n) is 32.2. The second-order valence-electron chi connectivity index (χ2n) is 29.4. The highest BCUT2D eigenvalue weighted by atomic mass is 16.8. The van der Waals surface area contributed by atoms with Crippen LogP contribution in [0, 0.1) is 57.2 Å². The van der Waals surface area contributed by atoms with E-state index in [1.165, 1.54) is 0 Å². The van der Waals surface area contributed by atoms with Crippen LogP contribution < -0.4 is 0 Å². The van der Waals surface area contributed by atoms with Crippen LogP contribution in [-0.2, 0) is 47.4 Å². The zero-order chi connectivity index (χ0) is 65.5. The van der Waals surface area contributed by atoms with E-state index in [-0.39, 0.29) is 47.5 Å². The Morgan fingerprint density at radius 1 is 0.539 bits per heavy atom. The molecule has 35 atom stereocenters. The van der Waals surface area contributed by atoms with Crippen LogP contribution in [0.4, 0.5) is 0 Å². The van der Waals surface area contributed by atoms with E-state index >= 15 is 0 Å². The molecule has 0 spiro atoms. The van der Waals surface area contributed by atoms with Crippen molar-refractivity contribution in [3.8, 4) is 0 Å². The monoisotopic (exact) mass is 1280 g/mol. The van der Waals surface area contributed by atoms with Crippen molar-refractivity contribution in [2.45, 2.75) is 286 Å². The normalized spacial score (nSPS) is 51.8. The largest absolute Gasteiger partial charge is 0.394 e. The lowest BCUT2D eigenvalue weighted by molar-refractivity contribution is -0.375. The fourth-order valence-corrected chi connectivity index (χ4v) is 17.5. The summed E-state index contributed by atoms with van der Waals surface area (Å²) in [6.07, 6.45) is -29.7. The maximum atomic E-state index is 12.9. The first-order chi connectivity index (χ1) is 41.7. The van der Waals surface area contributed by atoms with E-state index in [4.69, 9.17) is 47.4 Å². The lowest BCUT2D eigenvalue weighted by Crippen LogP contribution is -2.66. The van der Waals surface area contributed by atoms with Gasteiger partial charge in [-0.3, -0.25) is 0 Å². The van der Waals surface area contributed by atoms with Crippen molar-refractivity contribution in [2.75, 3.05) is 33.0 Å². The van der Waals surface area contributed by atoms with Crippen LogP contribution in [-0.4, -0.2) is 285 Å². The van der Waals surface area contributed by atoms with Crippen molar-refractivity contribution in [2.24, 2.45) is 57.2 Å². The molecular formula is C62H106O27. The molecule has 27 heteroatoms. The molecule has 89 heavy (non-hydrogen) atoms. The summed E-state index contributed by atoms with van der Waals surface area (Å²) < 4.78 is 60.9. The first-order valence-corrected chi connectivity index (χ1v) is 32.2. The Bertz CT molecular complexity index is 2340. The van der Waals surface area contributed by atoms with Crippen molar-refractivity contribution < 1.29 is 134 Å². The van der Waals surface area contributed by atoms with Gasteiger partial charge < -0.3 is 134 Å². The van der Waals surface area contributed by atoms with E-state index < -0.39 is 214 Å². The maximum Gasteiger partial charge on any atom is 0.187 e. The predicted octanol–water partition coefficient (Wildman–Crippen LogP) is -2.86. The summed E-state index contributed by atoms with van der Waals surface area (Å²) in [5.41, 5.74) is -2.24. The van der Waals surface area contributed by atoms with E-state index in [2.05, 4.69) is 47.6 Å². The molecule has 5 heterocycles. The third kappa shape index (κ3) is 13.0. The fourth-order valence-electron chi connectivity index (χ4n) is 17.5. The van der Waals surface area contributed by atoms with E-state index in [0.717, 1.165) is 18.4 Å². The van der Waals surface area contributed by atoms with E-state index in [1.54, 1.807) is 27.7 Å². The molecule has 0 aromatic carbocycles. The Labute approximate surface area is 520 Å². The molecule has 17 N–H and O–H groups in total. The summed E-state index contributed by atoms with van der Waals surface area (Å²) >= 11 is 0. The van der Waals surface area contributed by atoms with Crippen molar-refractivity contribution in [1.82, 2.24) is 0 Å². The molecule has 27 nitrogen and oxygen atoms in total. The number of hydrogen-bond acceptors (Lipinski definition) is 27. The van der Waals surface area contributed by atoms with Crippen molar-refractivity contribution in [3.05, 3.63) is 11.6 Å². The van der Waals surface area contributed by atoms with E-state index in [9.17, 15) is 86.8 Å². The molecule has 8 fully saturated rings. The third-order valence-corrected chi connectivity index (χ3v) is 23.7. The quantitative estimate of drug-likeness (QED) is 0.0545. The van der Waals surface area contributed by atoms with Crippen LogP contribution in [0.25, 0.3) is 0 Å². The molecule has 9 aliphatic rings. The molecule has 0 amide bonds. The zero-order valence-electron chi connectivity index (χ0n) is 52.9. The van der Waals surface area contributed by atoms with Gasteiger partial charge in [0.25, 0.3) is 0 Å². The first kappa shape index (κ1) is 71.9. The Morgan fingerprint density at radius 2 is 1.06 bits per heavy atom. The van der Waals surface area contributed by atoms with Gasteiger partial charge in [0.15, 0.2) is 31.5 Å². The molecular weight excluding hydrogens is 1180 g/mol. The van der Waals surface area contributed by atoms with Gasteiger partial charge in [0.1, 0.15) is 91.6 Å². The van der Waals surface area contributed by atoms with Gasteiger partial charge in [-0.05, 0) is 99.7 Å². The van der Waals surface area contributed by atoms with Crippen molar-refractivity contribution in [1.29, 1.82) is 0 Å². The van der Waals surface area contributed by atoms with E-state index in [0.29, 0.717) is 32.1 Å². The number of rotatable bonds is 20. The second-order valence-corrected chi connectivity index (χ2v) is 29.4. The average Bonchev–Trinajstić information content (AvgIpc) is 1.66. The lowest BCUT2D eigenvalue weighted by atomic mass is 9.38. The van der Waals surface area contributed by atoms with Gasteiger partial charge in [0.2, 0.25) is 0 Å². The van der Waals surface area contributed by atoms with Gasteiger partial charge in [-0.15, -0.1) is 0 Å². The number of ether oxygens (including phenoxy) is 10. The summed E-state index contributed by atoms with van der Waals surface area (Å²) in [5, 5.41) is 185.